The van der Waals surface area contributed by atoms with Gasteiger partial charge in [-0.1, -0.05) is 0 Å². The van der Waals surface area contributed by atoms with Gasteiger partial charge in [0, 0.05) is 32.2 Å². The Morgan fingerprint density at radius 1 is 1.35 bits per heavy atom. The Morgan fingerprint density at radius 3 is 2.59 bits per heavy atom. The van der Waals surface area contributed by atoms with E-state index in [0.717, 1.165) is 32.8 Å². The van der Waals surface area contributed by atoms with Crippen LogP contribution in [0.15, 0.2) is 0 Å². The van der Waals surface area contributed by atoms with Gasteiger partial charge in [0.05, 0.1) is 19.0 Å². The van der Waals surface area contributed by atoms with E-state index < -0.39 is 10.0 Å². The molecule has 1 aliphatic heterocycles. The number of nitrogens with one attached hydrogen (secondary N) is 2. The second kappa shape index (κ2) is 7.27. The zero-order valence-electron chi connectivity index (χ0n) is 10.6. The lowest BCUT2D eigenvalue weighted by molar-refractivity contribution is 0.0354. The lowest BCUT2D eigenvalue weighted by Crippen LogP contribution is -2.46. The van der Waals surface area contributed by atoms with Crippen molar-refractivity contribution in [3.05, 3.63) is 0 Å². The number of hydrogen-bond acceptors (Lipinski definition) is 5. The standard InChI is InChI=1S/C10H23N3O3S/c1-10(9-13-4-6-16-7-5-13)12-17(14,15)8-3-11-2/h10-12H,3-9H2,1-2H3. The molecule has 1 fully saturated rings. The third-order valence-corrected chi connectivity index (χ3v) is 4.14. The maximum absolute atomic E-state index is 11.6. The molecule has 1 atom stereocenters. The van der Waals surface area contributed by atoms with Crippen molar-refractivity contribution >= 4 is 10.0 Å². The number of rotatable bonds is 7. The molecule has 0 aromatic carbocycles. The molecule has 0 bridgehead atoms. The van der Waals surface area contributed by atoms with Crippen LogP contribution in [-0.4, -0.2) is 71.6 Å². The van der Waals surface area contributed by atoms with Gasteiger partial charge in [-0.2, -0.15) is 0 Å². The van der Waals surface area contributed by atoms with Crippen LogP contribution in [0, 0.1) is 0 Å². The minimum Gasteiger partial charge on any atom is -0.379 e. The summed E-state index contributed by atoms with van der Waals surface area (Å²) in [7, 11) is -1.42. The number of ether oxygens (including phenoxy) is 1. The van der Waals surface area contributed by atoms with E-state index in [0.29, 0.717) is 6.54 Å². The van der Waals surface area contributed by atoms with E-state index in [-0.39, 0.29) is 11.8 Å². The van der Waals surface area contributed by atoms with E-state index in [1.165, 1.54) is 0 Å². The van der Waals surface area contributed by atoms with Gasteiger partial charge in [-0.15, -0.1) is 0 Å². The van der Waals surface area contributed by atoms with Crippen LogP contribution in [0.1, 0.15) is 6.92 Å². The van der Waals surface area contributed by atoms with Crippen LogP contribution < -0.4 is 10.0 Å². The summed E-state index contributed by atoms with van der Waals surface area (Å²) in [5.74, 6) is 0.122. The van der Waals surface area contributed by atoms with Gasteiger partial charge in [0.1, 0.15) is 0 Å². The first-order valence-electron chi connectivity index (χ1n) is 5.98. The van der Waals surface area contributed by atoms with Crippen LogP contribution in [0.3, 0.4) is 0 Å². The molecular formula is C10H23N3O3S. The Morgan fingerprint density at radius 2 is 2.00 bits per heavy atom. The van der Waals surface area contributed by atoms with Crippen LogP contribution >= 0.6 is 0 Å². The molecule has 1 rings (SSSR count). The molecule has 2 N–H and O–H groups in total. The SMILES string of the molecule is CNCCS(=O)(=O)NC(C)CN1CCOCC1. The number of sulfonamides is 1. The quantitative estimate of drug-likeness (QED) is 0.608. The van der Waals surface area contributed by atoms with Gasteiger partial charge in [0.25, 0.3) is 0 Å². The van der Waals surface area contributed by atoms with Gasteiger partial charge in [-0.25, -0.2) is 13.1 Å². The molecule has 0 spiro atoms. The first kappa shape index (κ1) is 14.8. The fraction of sp³-hybridized carbons (Fsp3) is 1.00. The van der Waals surface area contributed by atoms with Gasteiger partial charge in [0.15, 0.2) is 0 Å². The van der Waals surface area contributed by atoms with Crippen molar-refractivity contribution in [3.63, 3.8) is 0 Å². The van der Waals surface area contributed by atoms with Crippen LogP contribution in [0.25, 0.3) is 0 Å². The van der Waals surface area contributed by atoms with Crippen molar-refractivity contribution in [1.29, 1.82) is 0 Å². The molecule has 1 aliphatic rings. The monoisotopic (exact) mass is 265 g/mol. The van der Waals surface area contributed by atoms with E-state index in [4.69, 9.17) is 4.74 Å². The molecule has 0 radical (unpaired) electrons. The second-order valence-corrected chi connectivity index (χ2v) is 6.23. The summed E-state index contributed by atoms with van der Waals surface area (Å²) in [6, 6.07) is -0.0602. The Hall–Kier alpha value is -0.210. The predicted octanol–water partition coefficient (Wildman–Crippen LogP) is -1.15. The van der Waals surface area contributed by atoms with Crippen molar-refractivity contribution in [2.75, 3.05) is 52.2 Å². The largest absolute Gasteiger partial charge is 0.379 e. The maximum Gasteiger partial charge on any atom is 0.213 e. The Kier molecular flexibility index (Phi) is 6.35. The third kappa shape index (κ3) is 6.32. The van der Waals surface area contributed by atoms with Crippen molar-refractivity contribution in [2.24, 2.45) is 0 Å². The van der Waals surface area contributed by atoms with Crippen molar-refractivity contribution in [3.8, 4) is 0 Å². The topological polar surface area (TPSA) is 70.7 Å². The normalized spacial score (nSPS) is 20.4. The Bertz CT molecular complexity index is 302. The molecular weight excluding hydrogens is 242 g/mol. The first-order chi connectivity index (χ1) is 8.03. The van der Waals surface area contributed by atoms with Gasteiger partial charge in [-0.3, -0.25) is 4.90 Å². The highest BCUT2D eigenvalue weighted by molar-refractivity contribution is 7.89. The maximum atomic E-state index is 11.6. The molecule has 17 heavy (non-hydrogen) atoms. The summed E-state index contributed by atoms with van der Waals surface area (Å²) in [6.07, 6.45) is 0. The summed E-state index contributed by atoms with van der Waals surface area (Å²) < 4.78 is 31.2. The number of morpholine rings is 1. The predicted molar refractivity (Wildman–Crippen MR) is 67.6 cm³/mol. The highest BCUT2D eigenvalue weighted by Crippen LogP contribution is 1.99. The molecule has 1 unspecified atom stereocenters. The van der Waals surface area contributed by atoms with Gasteiger partial charge in [-0.05, 0) is 14.0 Å². The van der Waals surface area contributed by atoms with E-state index in [1.54, 1.807) is 7.05 Å². The summed E-state index contributed by atoms with van der Waals surface area (Å²) in [5.41, 5.74) is 0. The third-order valence-electron chi connectivity index (χ3n) is 2.64. The molecule has 0 amide bonds. The Labute approximate surface area is 104 Å². The molecule has 6 nitrogen and oxygen atoms in total. The zero-order valence-corrected chi connectivity index (χ0v) is 11.4. The van der Waals surface area contributed by atoms with Gasteiger partial charge >= 0.3 is 0 Å². The van der Waals surface area contributed by atoms with Crippen molar-refractivity contribution in [1.82, 2.24) is 14.9 Å². The Balaban J connectivity index is 2.29. The summed E-state index contributed by atoms with van der Waals surface area (Å²) in [5, 5.41) is 2.83. The summed E-state index contributed by atoms with van der Waals surface area (Å²) in [6.45, 7) is 6.33. The highest BCUT2D eigenvalue weighted by atomic mass is 32.2. The van der Waals surface area contributed by atoms with Crippen LogP contribution in [0.5, 0.6) is 0 Å². The van der Waals surface area contributed by atoms with Crippen molar-refractivity contribution < 1.29 is 13.2 Å². The van der Waals surface area contributed by atoms with Crippen LogP contribution in [0.4, 0.5) is 0 Å². The lowest BCUT2D eigenvalue weighted by atomic mass is 10.3. The van der Waals surface area contributed by atoms with E-state index in [2.05, 4.69) is 14.9 Å². The van der Waals surface area contributed by atoms with E-state index in [1.807, 2.05) is 6.92 Å². The summed E-state index contributed by atoms with van der Waals surface area (Å²) in [4.78, 5) is 2.22. The number of nitrogens with zero attached hydrogens (tertiary/aromatic N) is 1. The molecule has 102 valence electrons. The average molecular weight is 265 g/mol. The molecule has 0 aliphatic carbocycles. The number of hydrogen-bond donors (Lipinski definition) is 2. The average Bonchev–Trinajstić information content (AvgIpc) is 2.27. The first-order valence-corrected chi connectivity index (χ1v) is 7.63. The fourth-order valence-corrected chi connectivity index (χ4v) is 3.09. The summed E-state index contributed by atoms with van der Waals surface area (Å²) >= 11 is 0. The van der Waals surface area contributed by atoms with E-state index in [9.17, 15) is 8.42 Å². The molecule has 7 heteroatoms. The minimum absolute atomic E-state index is 0.0602. The molecule has 1 saturated heterocycles. The second-order valence-electron chi connectivity index (χ2n) is 4.35. The van der Waals surface area contributed by atoms with Crippen molar-refractivity contribution in [2.45, 2.75) is 13.0 Å². The smallest absolute Gasteiger partial charge is 0.213 e. The molecule has 0 aromatic heterocycles. The minimum atomic E-state index is -3.16. The molecule has 0 saturated carbocycles. The fourth-order valence-electron chi connectivity index (χ4n) is 1.81. The van der Waals surface area contributed by atoms with Crippen LogP contribution in [-0.2, 0) is 14.8 Å². The zero-order chi connectivity index (χ0) is 12.7. The van der Waals surface area contributed by atoms with Gasteiger partial charge in [0.2, 0.25) is 10.0 Å². The molecule has 1 heterocycles. The lowest BCUT2D eigenvalue weighted by Gasteiger charge is -2.29. The highest BCUT2D eigenvalue weighted by Gasteiger charge is 2.18. The van der Waals surface area contributed by atoms with E-state index >= 15 is 0 Å². The van der Waals surface area contributed by atoms with Gasteiger partial charge < -0.3 is 10.1 Å². The van der Waals surface area contributed by atoms with Crippen LogP contribution in [0.2, 0.25) is 0 Å². The molecule has 0 aromatic rings.